The number of hydrogen-bond acceptors (Lipinski definition) is 9. The van der Waals surface area contributed by atoms with E-state index in [1.54, 1.807) is 42.9 Å². The van der Waals surface area contributed by atoms with Crippen molar-refractivity contribution in [3.05, 3.63) is 52.4 Å². The highest BCUT2D eigenvalue weighted by Crippen LogP contribution is 2.41. The van der Waals surface area contributed by atoms with E-state index in [4.69, 9.17) is 4.74 Å². The normalized spacial score (nSPS) is 11.6. The zero-order valence-corrected chi connectivity index (χ0v) is 18.4. The number of nitrogens with one attached hydrogen (secondary N) is 1. The third-order valence-electron chi connectivity index (χ3n) is 4.19. The SMILES string of the molecule is CC(=O)Oc1c(NS(C)(=O)=O)c(N=Nc2cc(C)n(C)n2)c(O)n(-c2ccccc2)c1=O. The topological polar surface area (TPSA) is 157 Å². The minimum atomic E-state index is -3.98. The molecule has 2 aromatic heterocycles. The molecule has 0 aliphatic carbocycles. The number of azo groups is 1. The van der Waals surface area contributed by atoms with Gasteiger partial charge in [-0.15, -0.1) is 10.2 Å². The van der Waals surface area contributed by atoms with Gasteiger partial charge in [0.2, 0.25) is 21.7 Å². The summed E-state index contributed by atoms with van der Waals surface area (Å²) >= 11 is 0. The molecule has 0 atom stereocenters. The molecule has 0 radical (unpaired) electrons. The Hall–Kier alpha value is -4.00. The van der Waals surface area contributed by atoms with Gasteiger partial charge >= 0.3 is 11.5 Å². The number of rotatable bonds is 6. The fraction of sp³-hybridized carbons (Fsp3) is 0.211. The fourth-order valence-electron chi connectivity index (χ4n) is 2.75. The van der Waals surface area contributed by atoms with E-state index < -0.39 is 44.6 Å². The number of ether oxygens (including phenoxy) is 1. The maximum Gasteiger partial charge on any atom is 0.308 e. The molecule has 2 heterocycles. The van der Waals surface area contributed by atoms with Crippen LogP contribution in [0.4, 0.5) is 17.2 Å². The first-order valence-electron chi connectivity index (χ1n) is 9.14. The summed E-state index contributed by atoms with van der Waals surface area (Å²) in [6.45, 7) is 2.83. The minimum Gasteiger partial charge on any atom is -0.492 e. The van der Waals surface area contributed by atoms with Gasteiger partial charge in [-0.2, -0.15) is 5.10 Å². The standard InChI is InChI=1S/C19H20N6O6S/c1-11-10-14(22-24(11)3)20-21-16-15(23-32(4,29)30)17(31-12(2)26)19(28)25(18(16)27)13-8-6-5-7-9-13/h5-10,23,27H,1-4H3. The molecule has 13 heteroatoms. The molecule has 12 nitrogen and oxygen atoms in total. The third-order valence-corrected chi connectivity index (χ3v) is 4.76. The van der Waals surface area contributed by atoms with Crippen molar-refractivity contribution >= 4 is 33.2 Å². The summed E-state index contributed by atoms with van der Waals surface area (Å²) in [6.07, 6.45) is 0.827. The summed E-state index contributed by atoms with van der Waals surface area (Å²) in [5, 5.41) is 22.9. The molecule has 0 aliphatic heterocycles. The maximum atomic E-state index is 13.1. The van der Waals surface area contributed by atoms with Crippen LogP contribution in [0.15, 0.2) is 51.4 Å². The number of aromatic nitrogens is 3. The van der Waals surface area contributed by atoms with E-state index in [1.165, 1.54) is 12.1 Å². The molecule has 3 rings (SSSR count). The first kappa shape index (κ1) is 22.7. The summed E-state index contributed by atoms with van der Waals surface area (Å²) in [5.74, 6) is -2.11. The lowest BCUT2D eigenvalue weighted by atomic mass is 10.2. The van der Waals surface area contributed by atoms with Crippen molar-refractivity contribution in [3.63, 3.8) is 0 Å². The molecule has 0 amide bonds. The number of aromatic hydroxyl groups is 1. The van der Waals surface area contributed by atoms with Crippen LogP contribution in [0.5, 0.6) is 11.6 Å². The van der Waals surface area contributed by atoms with E-state index in [2.05, 4.69) is 20.0 Å². The summed E-state index contributed by atoms with van der Waals surface area (Å²) < 4.78 is 33.4. The van der Waals surface area contributed by atoms with Gasteiger partial charge in [0.1, 0.15) is 5.69 Å². The number of benzene rings is 1. The second-order valence-corrected chi connectivity index (χ2v) is 8.54. The average Bonchev–Trinajstić information content (AvgIpc) is 3.02. The van der Waals surface area contributed by atoms with E-state index in [0.29, 0.717) is 0 Å². The molecule has 0 aliphatic rings. The second-order valence-electron chi connectivity index (χ2n) is 6.79. The summed E-state index contributed by atoms with van der Waals surface area (Å²) in [4.78, 5) is 24.8. The van der Waals surface area contributed by atoms with Crippen LogP contribution in [0.25, 0.3) is 5.69 Å². The largest absolute Gasteiger partial charge is 0.492 e. The lowest BCUT2D eigenvalue weighted by Crippen LogP contribution is -2.25. The number of pyridine rings is 1. The molecule has 168 valence electrons. The van der Waals surface area contributed by atoms with Gasteiger partial charge < -0.3 is 9.84 Å². The molecule has 3 aromatic rings. The number of esters is 1. The molecule has 32 heavy (non-hydrogen) atoms. The van der Waals surface area contributed by atoms with Crippen LogP contribution in [-0.4, -0.2) is 40.1 Å². The fourth-order valence-corrected chi connectivity index (χ4v) is 3.31. The van der Waals surface area contributed by atoms with E-state index in [1.807, 2.05) is 0 Å². The number of nitrogens with zero attached hydrogens (tertiary/aromatic N) is 5. The van der Waals surface area contributed by atoms with Crippen molar-refractivity contribution < 1.29 is 23.1 Å². The van der Waals surface area contributed by atoms with Gasteiger partial charge in [0.15, 0.2) is 11.5 Å². The van der Waals surface area contributed by atoms with Crippen molar-refractivity contribution in [2.75, 3.05) is 11.0 Å². The lowest BCUT2D eigenvalue weighted by molar-refractivity contribution is -0.131. The van der Waals surface area contributed by atoms with Crippen LogP contribution in [0.3, 0.4) is 0 Å². The smallest absolute Gasteiger partial charge is 0.308 e. The quantitative estimate of drug-likeness (QED) is 0.422. The molecule has 0 saturated carbocycles. The van der Waals surface area contributed by atoms with Crippen LogP contribution in [0, 0.1) is 6.92 Å². The highest BCUT2D eigenvalue weighted by molar-refractivity contribution is 7.92. The number of carbonyl (C=O) groups excluding carboxylic acids is 1. The molecule has 0 bridgehead atoms. The molecular weight excluding hydrogens is 440 g/mol. The number of hydrogen-bond donors (Lipinski definition) is 2. The maximum absolute atomic E-state index is 13.1. The van der Waals surface area contributed by atoms with Gasteiger partial charge in [0.25, 0.3) is 0 Å². The Morgan fingerprint density at radius 2 is 1.88 bits per heavy atom. The highest BCUT2D eigenvalue weighted by atomic mass is 32.2. The van der Waals surface area contributed by atoms with Crippen LogP contribution < -0.4 is 15.0 Å². The number of aryl methyl sites for hydroxylation is 2. The Bertz CT molecular complexity index is 1360. The van der Waals surface area contributed by atoms with E-state index in [0.717, 1.165) is 23.4 Å². The zero-order chi connectivity index (χ0) is 23.6. The van der Waals surface area contributed by atoms with Crippen molar-refractivity contribution in [2.24, 2.45) is 17.3 Å². The molecular formula is C19H20N6O6S. The monoisotopic (exact) mass is 460 g/mol. The number of carbonyl (C=O) groups is 1. The molecule has 0 unspecified atom stereocenters. The second kappa shape index (κ2) is 8.63. The lowest BCUT2D eigenvalue weighted by Gasteiger charge is -2.17. The van der Waals surface area contributed by atoms with Gasteiger partial charge in [0, 0.05) is 25.7 Å². The highest BCUT2D eigenvalue weighted by Gasteiger charge is 2.27. The van der Waals surface area contributed by atoms with E-state index in [-0.39, 0.29) is 11.5 Å². The number of anilines is 1. The van der Waals surface area contributed by atoms with Crippen LogP contribution >= 0.6 is 0 Å². The molecule has 2 N–H and O–H groups in total. The number of sulfonamides is 1. The summed E-state index contributed by atoms with van der Waals surface area (Å²) in [6, 6.07) is 9.57. The Kier molecular flexibility index (Phi) is 6.11. The Morgan fingerprint density at radius 3 is 2.41 bits per heavy atom. The van der Waals surface area contributed by atoms with Crippen molar-refractivity contribution in [3.8, 4) is 17.3 Å². The minimum absolute atomic E-state index is 0.168. The van der Waals surface area contributed by atoms with Crippen molar-refractivity contribution in [1.82, 2.24) is 14.3 Å². The first-order valence-corrected chi connectivity index (χ1v) is 11.0. The molecule has 0 fully saturated rings. The van der Waals surface area contributed by atoms with E-state index >= 15 is 0 Å². The molecule has 0 spiro atoms. The van der Waals surface area contributed by atoms with Gasteiger partial charge in [-0.25, -0.2) is 13.0 Å². The summed E-state index contributed by atoms with van der Waals surface area (Å²) in [7, 11) is -2.29. The van der Waals surface area contributed by atoms with Gasteiger partial charge in [0.05, 0.1) is 11.9 Å². The Balaban J connectivity index is 2.36. The number of para-hydroxylation sites is 1. The first-order chi connectivity index (χ1) is 15.0. The molecule has 0 saturated heterocycles. The van der Waals surface area contributed by atoms with Gasteiger partial charge in [-0.1, -0.05) is 18.2 Å². The molecule has 1 aromatic carbocycles. The summed E-state index contributed by atoms with van der Waals surface area (Å²) in [5.41, 5.74) is -0.971. The van der Waals surface area contributed by atoms with Crippen LogP contribution in [0.2, 0.25) is 0 Å². The Labute approximate surface area is 182 Å². The Morgan fingerprint density at radius 1 is 1.22 bits per heavy atom. The third kappa shape index (κ3) is 4.83. The van der Waals surface area contributed by atoms with Crippen LogP contribution in [0.1, 0.15) is 12.6 Å². The van der Waals surface area contributed by atoms with Gasteiger partial charge in [-0.05, 0) is 19.1 Å². The zero-order valence-electron chi connectivity index (χ0n) is 17.6. The van der Waals surface area contributed by atoms with E-state index in [9.17, 15) is 23.1 Å². The predicted molar refractivity (Wildman–Crippen MR) is 116 cm³/mol. The van der Waals surface area contributed by atoms with Gasteiger partial charge in [-0.3, -0.25) is 19.0 Å². The van der Waals surface area contributed by atoms with Crippen molar-refractivity contribution in [1.29, 1.82) is 0 Å². The predicted octanol–water partition coefficient (Wildman–Crippen LogP) is 2.30. The average molecular weight is 460 g/mol. The van der Waals surface area contributed by atoms with Crippen molar-refractivity contribution in [2.45, 2.75) is 13.8 Å². The van der Waals surface area contributed by atoms with Crippen LogP contribution in [-0.2, 0) is 21.9 Å².